The summed E-state index contributed by atoms with van der Waals surface area (Å²) in [6.45, 7) is 5.62. The number of halogens is 3. The van der Waals surface area contributed by atoms with E-state index in [-0.39, 0.29) is 50.6 Å². The third-order valence-electron chi connectivity index (χ3n) is 8.63. The Morgan fingerprint density at radius 2 is 1.98 bits per heavy atom. The average molecular weight is 633 g/mol. The molecule has 1 saturated heterocycles. The molecule has 0 spiro atoms. The highest BCUT2D eigenvalue weighted by Crippen LogP contribution is 2.59. The summed E-state index contributed by atoms with van der Waals surface area (Å²) in [5, 5.41) is 4.42. The zero-order chi connectivity index (χ0) is 30.2. The maximum Gasteiger partial charge on any atom is 0.394 e. The van der Waals surface area contributed by atoms with Gasteiger partial charge in [0.25, 0.3) is 5.91 Å². The first-order chi connectivity index (χ1) is 20.5. The number of hydrogen-bond donors (Lipinski definition) is 1. The Bertz CT molecular complexity index is 1460. The number of carbonyl (C=O) groups excluding carboxylic acids is 1. The van der Waals surface area contributed by atoms with E-state index in [0.29, 0.717) is 35.6 Å². The number of amides is 1. The highest BCUT2D eigenvalue weighted by atomic mass is 32.2. The first kappa shape index (κ1) is 31.9. The summed E-state index contributed by atoms with van der Waals surface area (Å²) in [6.07, 6.45) is 3.24. The van der Waals surface area contributed by atoms with Crippen LogP contribution in [-0.2, 0) is 0 Å². The number of hydrogen-bond acceptors (Lipinski definition) is 8. The second kappa shape index (κ2) is 12.5. The summed E-state index contributed by atoms with van der Waals surface area (Å²) in [4.78, 5) is 25.8. The van der Waals surface area contributed by atoms with Gasteiger partial charge in [0.05, 0.1) is 24.2 Å². The molecule has 1 amide bonds. The van der Waals surface area contributed by atoms with Gasteiger partial charge in [0, 0.05) is 41.5 Å². The summed E-state index contributed by atoms with van der Waals surface area (Å²) >= 11 is 1.17. The van der Waals surface area contributed by atoms with Crippen molar-refractivity contribution in [3.05, 3.63) is 48.3 Å². The van der Waals surface area contributed by atoms with Gasteiger partial charge >= 0.3 is 6.18 Å². The SMILES string of the molecule is C.CC1(C)CC2CCCCOc3ccc(cn3)SNC(=O)c3ccc(-n4ccc(OCCC5(C(F)(F)F)CC5)n4)nc3N1C2. The summed E-state index contributed by atoms with van der Waals surface area (Å²) < 4.78 is 55.6. The first-order valence-electron chi connectivity index (χ1n) is 14.6. The van der Waals surface area contributed by atoms with Crippen LogP contribution in [0, 0.1) is 11.3 Å². The van der Waals surface area contributed by atoms with Crippen LogP contribution in [-0.4, -0.2) is 57.1 Å². The Hall–Kier alpha value is -3.48. The Balaban J connectivity index is 0.00000384. The maximum atomic E-state index is 13.5. The number of anilines is 1. The highest BCUT2D eigenvalue weighted by Gasteiger charge is 2.62. The van der Waals surface area contributed by atoms with E-state index in [4.69, 9.17) is 14.5 Å². The largest absolute Gasteiger partial charge is 0.478 e. The van der Waals surface area contributed by atoms with E-state index in [1.54, 1.807) is 36.7 Å². The van der Waals surface area contributed by atoms with Gasteiger partial charge in [-0.05, 0) is 94.9 Å². The average Bonchev–Trinajstić information content (AvgIpc) is 3.52. The fraction of sp³-hybridized carbons (Fsp3) is 0.548. The van der Waals surface area contributed by atoms with Crippen LogP contribution in [0.3, 0.4) is 0 Å². The van der Waals surface area contributed by atoms with Gasteiger partial charge in [0.15, 0.2) is 5.82 Å². The zero-order valence-electron chi connectivity index (χ0n) is 24.2. The minimum atomic E-state index is -4.21. The van der Waals surface area contributed by atoms with Gasteiger partial charge in [-0.3, -0.25) is 9.52 Å². The van der Waals surface area contributed by atoms with Gasteiger partial charge in [0.2, 0.25) is 11.8 Å². The lowest BCUT2D eigenvalue weighted by molar-refractivity contribution is -0.190. The van der Waals surface area contributed by atoms with Crippen molar-refractivity contribution in [3.63, 3.8) is 0 Å². The number of pyridine rings is 2. The maximum absolute atomic E-state index is 13.5. The predicted molar refractivity (Wildman–Crippen MR) is 162 cm³/mol. The molecular formula is C31H39F3N6O3S. The Labute approximate surface area is 260 Å². The molecule has 3 aliphatic heterocycles. The quantitative estimate of drug-likeness (QED) is 0.300. The van der Waals surface area contributed by atoms with Crippen molar-refractivity contribution >= 4 is 23.7 Å². The molecule has 1 N–H and O–H groups in total. The molecule has 4 aliphatic rings. The molecule has 1 unspecified atom stereocenters. The van der Waals surface area contributed by atoms with Crippen molar-refractivity contribution in [1.82, 2.24) is 24.5 Å². The molecule has 6 heterocycles. The van der Waals surface area contributed by atoms with E-state index in [1.807, 2.05) is 6.07 Å². The van der Waals surface area contributed by atoms with Crippen LogP contribution in [0.25, 0.3) is 5.82 Å². The number of aromatic nitrogens is 4. The molecule has 9 nitrogen and oxygen atoms in total. The Kier molecular flexibility index (Phi) is 9.06. The number of ether oxygens (including phenoxy) is 2. The monoisotopic (exact) mass is 632 g/mol. The van der Waals surface area contributed by atoms with Gasteiger partial charge in [-0.2, -0.15) is 13.2 Å². The van der Waals surface area contributed by atoms with Crippen molar-refractivity contribution in [1.29, 1.82) is 0 Å². The fourth-order valence-corrected chi connectivity index (χ4v) is 6.54. The van der Waals surface area contributed by atoms with Crippen LogP contribution in [0.2, 0.25) is 0 Å². The normalized spacial score (nSPS) is 21.0. The van der Waals surface area contributed by atoms with E-state index in [9.17, 15) is 18.0 Å². The second-order valence-electron chi connectivity index (χ2n) is 12.2. The van der Waals surface area contributed by atoms with Crippen LogP contribution in [0.15, 0.2) is 47.6 Å². The molecule has 1 atom stereocenters. The van der Waals surface area contributed by atoms with Gasteiger partial charge in [-0.15, -0.1) is 5.10 Å². The molecule has 0 aromatic carbocycles. The van der Waals surface area contributed by atoms with Gasteiger partial charge in [-0.1, -0.05) is 7.43 Å². The molecule has 2 fully saturated rings. The van der Waals surface area contributed by atoms with Crippen LogP contribution < -0.4 is 19.1 Å². The van der Waals surface area contributed by atoms with Gasteiger partial charge in [-0.25, -0.2) is 14.6 Å². The van der Waals surface area contributed by atoms with Crippen LogP contribution in [0.1, 0.15) is 76.6 Å². The van der Waals surface area contributed by atoms with Crippen LogP contribution in [0.5, 0.6) is 11.8 Å². The lowest BCUT2D eigenvalue weighted by Gasteiger charge is -2.34. The number of fused-ring (bicyclic) bond motifs is 8. The molecular weight excluding hydrogens is 593 g/mol. The summed E-state index contributed by atoms with van der Waals surface area (Å²) in [5.74, 6) is 1.96. The minimum absolute atomic E-state index is 0. The number of nitrogens with one attached hydrogen (secondary N) is 1. The smallest absolute Gasteiger partial charge is 0.394 e. The first-order valence-corrected chi connectivity index (χ1v) is 15.5. The molecule has 44 heavy (non-hydrogen) atoms. The van der Waals surface area contributed by atoms with Crippen molar-refractivity contribution in [3.8, 4) is 17.6 Å². The van der Waals surface area contributed by atoms with E-state index >= 15 is 0 Å². The van der Waals surface area contributed by atoms with Crippen molar-refractivity contribution in [2.24, 2.45) is 11.3 Å². The zero-order valence-corrected chi connectivity index (χ0v) is 25.0. The number of alkyl halides is 3. The summed E-state index contributed by atoms with van der Waals surface area (Å²) in [5.41, 5.74) is -1.42. The minimum Gasteiger partial charge on any atom is -0.478 e. The molecule has 1 saturated carbocycles. The molecule has 238 valence electrons. The summed E-state index contributed by atoms with van der Waals surface area (Å²) in [6, 6.07) is 8.71. The predicted octanol–water partition coefficient (Wildman–Crippen LogP) is 7.01. The topological polar surface area (TPSA) is 94.4 Å². The molecule has 3 aromatic rings. The molecule has 1 aliphatic carbocycles. The lowest BCUT2D eigenvalue weighted by atomic mass is 9.93. The molecule has 13 heteroatoms. The van der Waals surface area contributed by atoms with E-state index in [2.05, 4.69) is 33.6 Å². The van der Waals surface area contributed by atoms with E-state index in [1.165, 1.54) is 16.6 Å². The molecule has 7 rings (SSSR count). The third-order valence-corrected chi connectivity index (χ3v) is 9.40. The van der Waals surface area contributed by atoms with E-state index < -0.39 is 11.6 Å². The number of nitrogens with zero attached hydrogens (tertiary/aromatic N) is 5. The molecule has 3 aromatic heterocycles. The number of carbonyl (C=O) groups is 1. The van der Waals surface area contributed by atoms with Crippen molar-refractivity contribution < 1.29 is 27.4 Å². The Morgan fingerprint density at radius 1 is 1.16 bits per heavy atom. The van der Waals surface area contributed by atoms with Gasteiger partial charge in [0.1, 0.15) is 5.82 Å². The van der Waals surface area contributed by atoms with Crippen LogP contribution in [0.4, 0.5) is 19.0 Å². The van der Waals surface area contributed by atoms with Gasteiger partial charge < -0.3 is 14.4 Å². The molecule has 0 radical (unpaired) electrons. The standard InChI is InChI=1S/C30H35F3N6O3S.CH4/c1-28(2)17-20-5-3-4-15-41-24-9-6-21(18-34-24)43-37-27(40)22-7-8-23(35-26(22)38(28)19-20)39-14-10-25(36-39)42-16-13-29(11-12-29)30(31,32)33;/h6-10,14,18,20H,3-5,11-13,15-17,19H2,1-2H3,(H,37,40);1H4. The lowest BCUT2D eigenvalue weighted by Crippen LogP contribution is -2.40. The second-order valence-corrected chi connectivity index (χ2v) is 13.1. The van der Waals surface area contributed by atoms with Crippen molar-refractivity contribution in [2.75, 3.05) is 24.7 Å². The Morgan fingerprint density at radius 3 is 2.70 bits per heavy atom. The van der Waals surface area contributed by atoms with Crippen LogP contribution >= 0.6 is 11.9 Å². The summed E-state index contributed by atoms with van der Waals surface area (Å²) in [7, 11) is 0. The number of rotatable bonds is 5. The van der Waals surface area contributed by atoms with E-state index in [0.717, 1.165) is 37.1 Å². The molecule has 4 bridgehead atoms. The highest BCUT2D eigenvalue weighted by molar-refractivity contribution is 7.98. The fourth-order valence-electron chi connectivity index (χ4n) is 5.98. The third kappa shape index (κ3) is 6.77. The van der Waals surface area contributed by atoms with Crippen molar-refractivity contribution in [2.45, 2.75) is 82.8 Å².